The van der Waals surface area contributed by atoms with Crippen molar-refractivity contribution in [2.45, 2.75) is 50.3 Å². The molecule has 22 heavy (non-hydrogen) atoms. The van der Waals surface area contributed by atoms with Crippen molar-refractivity contribution in [1.82, 2.24) is 9.29 Å². The van der Waals surface area contributed by atoms with Gasteiger partial charge in [0, 0.05) is 19.3 Å². The second-order valence-electron chi connectivity index (χ2n) is 6.40. The highest BCUT2D eigenvalue weighted by atomic mass is 32.2. The minimum Gasteiger partial charge on any atom is -0.492 e. The predicted molar refractivity (Wildman–Crippen MR) is 84.3 cm³/mol. The average Bonchev–Trinajstić information content (AvgIpc) is 2.96. The monoisotopic (exact) mass is 324 g/mol. The average molecular weight is 324 g/mol. The third kappa shape index (κ3) is 2.86. The van der Waals surface area contributed by atoms with Crippen molar-refractivity contribution in [3.05, 3.63) is 18.5 Å². The van der Waals surface area contributed by atoms with Gasteiger partial charge in [-0.3, -0.25) is 4.98 Å². The van der Waals surface area contributed by atoms with Crippen LogP contribution in [0, 0.1) is 5.41 Å². The lowest BCUT2D eigenvalue weighted by Gasteiger charge is -2.39. The fraction of sp³-hybridized carbons (Fsp3) is 0.688. The molecule has 1 spiro atoms. The van der Waals surface area contributed by atoms with Crippen LogP contribution in [0.5, 0.6) is 5.75 Å². The van der Waals surface area contributed by atoms with Gasteiger partial charge in [-0.2, -0.15) is 4.31 Å². The highest BCUT2D eigenvalue weighted by Crippen LogP contribution is 2.46. The molecule has 0 bridgehead atoms. The number of hydrogen-bond acceptors (Lipinski definition) is 4. The SMILES string of the molecule is CCOc1ccncc1S(=O)(=O)N1CCCC2(CCCC2)C1. The van der Waals surface area contributed by atoms with Crippen molar-refractivity contribution >= 4 is 10.0 Å². The van der Waals surface area contributed by atoms with Gasteiger partial charge in [-0.1, -0.05) is 12.8 Å². The number of hydrogen-bond donors (Lipinski definition) is 0. The lowest BCUT2D eigenvalue weighted by Crippen LogP contribution is -2.45. The summed E-state index contributed by atoms with van der Waals surface area (Å²) in [6.07, 6.45) is 9.85. The van der Waals surface area contributed by atoms with E-state index in [-0.39, 0.29) is 10.3 Å². The molecular weight excluding hydrogens is 300 g/mol. The molecule has 1 saturated carbocycles. The fourth-order valence-electron chi connectivity index (χ4n) is 3.88. The van der Waals surface area contributed by atoms with E-state index in [0.29, 0.717) is 25.4 Å². The first-order valence-corrected chi connectivity index (χ1v) is 9.58. The van der Waals surface area contributed by atoms with Gasteiger partial charge in [0.2, 0.25) is 10.0 Å². The summed E-state index contributed by atoms with van der Waals surface area (Å²) in [7, 11) is -3.53. The van der Waals surface area contributed by atoms with Gasteiger partial charge in [0.05, 0.1) is 12.8 Å². The van der Waals surface area contributed by atoms with E-state index in [1.807, 2.05) is 6.92 Å². The van der Waals surface area contributed by atoms with Gasteiger partial charge in [0.25, 0.3) is 0 Å². The maximum Gasteiger partial charge on any atom is 0.248 e. The second kappa shape index (κ2) is 6.16. The summed E-state index contributed by atoms with van der Waals surface area (Å²) in [6.45, 7) is 3.54. The van der Waals surface area contributed by atoms with Crippen LogP contribution < -0.4 is 4.74 Å². The van der Waals surface area contributed by atoms with E-state index in [1.165, 1.54) is 19.0 Å². The smallest absolute Gasteiger partial charge is 0.248 e. The molecule has 5 nitrogen and oxygen atoms in total. The molecule has 1 aliphatic heterocycles. The van der Waals surface area contributed by atoms with Gasteiger partial charge in [-0.25, -0.2) is 8.42 Å². The van der Waals surface area contributed by atoms with Crippen molar-refractivity contribution in [1.29, 1.82) is 0 Å². The first-order chi connectivity index (χ1) is 10.6. The van der Waals surface area contributed by atoms with Crippen molar-refractivity contribution in [3.63, 3.8) is 0 Å². The molecule has 1 aromatic rings. The highest BCUT2D eigenvalue weighted by molar-refractivity contribution is 7.89. The molecule has 3 rings (SSSR count). The maximum atomic E-state index is 13.0. The fourth-order valence-corrected chi connectivity index (χ4v) is 5.54. The van der Waals surface area contributed by atoms with Gasteiger partial charge in [-0.15, -0.1) is 0 Å². The van der Waals surface area contributed by atoms with Gasteiger partial charge < -0.3 is 4.74 Å². The molecule has 122 valence electrons. The number of piperidine rings is 1. The number of nitrogens with zero attached hydrogens (tertiary/aromatic N) is 2. The third-order valence-electron chi connectivity index (χ3n) is 4.95. The van der Waals surface area contributed by atoms with Crippen LogP contribution in [0.1, 0.15) is 45.4 Å². The summed E-state index contributed by atoms with van der Waals surface area (Å²) >= 11 is 0. The molecule has 2 fully saturated rings. The number of rotatable bonds is 4. The molecule has 0 unspecified atom stereocenters. The number of ether oxygens (including phenoxy) is 1. The van der Waals surface area contributed by atoms with Gasteiger partial charge >= 0.3 is 0 Å². The number of pyridine rings is 1. The van der Waals surface area contributed by atoms with Crippen LogP contribution in [-0.2, 0) is 10.0 Å². The minimum absolute atomic E-state index is 0.201. The zero-order chi connectivity index (χ0) is 15.6. The van der Waals surface area contributed by atoms with E-state index in [0.717, 1.165) is 25.7 Å². The zero-order valence-corrected chi connectivity index (χ0v) is 13.9. The Bertz CT molecular complexity index is 624. The molecule has 2 aliphatic rings. The Morgan fingerprint density at radius 1 is 1.27 bits per heavy atom. The Balaban J connectivity index is 1.89. The minimum atomic E-state index is -3.53. The molecule has 6 heteroatoms. The van der Waals surface area contributed by atoms with Crippen molar-refractivity contribution in [2.75, 3.05) is 19.7 Å². The molecule has 2 heterocycles. The molecule has 0 amide bonds. The third-order valence-corrected chi connectivity index (χ3v) is 6.81. The van der Waals surface area contributed by atoms with Crippen LogP contribution in [0.25, 0.3) is 0 Å². The van der Waals surface area contributed by atoms with E-state index in [2.05, 4.69) is 4.98 Å². The van der Waals surface area contributed by atoms with Crippen molar-refractivity contribution in [3.8, 4) is 5.75 Å². The van der Waals surface area contributed by atoms with E-state index in [1.54, 1.807) is 16.6 Å². The van der Waals surface area contributed by atoms with Crippen LogP contribution in [0.3, 0.4) is 0 Å². The first kappa shape index (κ1) is 15.7. The maximum absolute atomic E-state index is 13.0. The first-order valence-electron chi connectivity index (χ1n) is 8.14. The second-order valence-corrected chi connectivity index (χ2v) is 8.31. The Morgan fingerprint density at radius 2 is 2.00 bits per heavy atom. The lowest BCUT2D eigenvalue weighted by molar-refractivity contribution is 0.152. The van der Waals surface area contributed by atoms with Gasteiger partial charge in [-0.05, 0) is 44.1 Å². The summed E-state index contributed by atoms with van der Waals surface area (Å²) in [6, 6.07) is 1.63. The Labute approximate surface area is 132 Å². The van der Waals surface area contributed by atoms with Crippen molar-refractivity contribution < 1.29 is 13.2 Å². The summed E-state index contributed by atoms with van der Waals surface area (Å²) in [5.41, 5.74) is 0.208. The highest BCUT2D eigenvalue weighted by Gasteiger charge is 2.42. The summed E-state index contributed by atoms with van der Waals surface area (Å²) in [5, 5.41) is 0. The van der Waals surface area contributed by atoms with Crippen LogP contribution >= 0.6 is 0 Å². The Hall–Kier alpha value is -1.14. The van der Waals surface area contributed by atoms with Crippen molar-refractivity contribution in [2.24, 2.45) is 5.41 Å². The summed E-state index contributed by atoms with van der Waals surface area (Å²) in [4.78, 5) is 4.19. The zero-order valence-electron chi connectivity index (χ0n) is 13.1. The van der Waals surface area contributed by atoms with E-state index < -0.39 is 10.0 Å². The van der Waals surface area contributed by atoms with Crippen LogP contribution in [-0.4, -0.2) is 37.4 Å². The lowest BCUT2D eigenvalue weighted by atomic mass is 9.79. The Kier molecular flexibility index (Phi) is 4.41. The van der Waals surface area contributed by atoms with Gasteiger partial charge in [0.1, 0.15) is 10.6 Å². The largest absolute Gasteiger partial charge is 0.492 e. The van der Waals surface area contributed by atoms with Crippen LogP contribution in [0.15, 0.2) is 23.4 Å². The standard InChI is InChI=1S/C16H24N2O3S/c1-2-21-14-6-10-17-12-15(14)22(19,20)18-11-5-9-16(13-18)7-3-4-8-16/h6,10,12H,2-5,7-9,11,13H2,1H3. The molecule has 0 atom stereocenters. The topological polar surface area (TPSA) is 59.5 Å². The summed E-state index contributed by atoms with van der Waals surface area (Å²) in [5.74, 6) is 0.406. The molecule has 1 aliphatic carbocycles. The normalized spacial score (nSPS) is 22.0. The van der Waals surface area contributed by atoms with E-state index in [4.69, 9.17) is 4.74 Å². The Morgan fingerprint density at radius 3 is 2.73 bits per heavy atom. The van der Waals surface area contributed by atoms with Gasteiger partial charge in [0.15, 0.2) is 0 Å². The molecule has 0 radical (unpaired) electrons. The van der Waals surface area contributed by atoms with Crippen LogP contribution in [0.4, 0.5) is 0 Å². The molecule has 1 saturated heterocycles. The van der Waals surface area contributed by atoms with E-state index >= 15 is 0 Å². The quantitative estimate of drug-likeness (QED) is 0.854. The molecular formula is C16H24N2O3S. The summed E-state index contributed by atoms with van der Waals surface area (Å²) < 4.78 is 33.2. The van der Waals surface area contributed by atoms with E-state index in [9.17, 15) is 8.42 Å². The van der Waals surface area contributed by atoms with Crippen LogP contribution in [0.2, 0.25) is 0 Å². The molecule has 1 aromatic heterocycles. The predicted octanol–water partition coefficient (Wildman–Crippen LogP) is 2.83. The molecule has 0 aromatic carbocycles. The molecule has 0 N–H and O–H groups in total. The number of aromatic nitrogens is 1. The number of sulfonamides is 1.